The number of ether oxygens (including phenoxy) is 1. The summed E-state index contributed by atoms with van der Waals surface area (Å²) < 4.78 is 4.93. The van der Waals surface area contributed by atoms with Gasteiger partial charge in [-0.15, -0.1) is 0 Å². The number of nitrogens with zero attached hydrogens (tertiary/aromatic N) is 4. The number of pyridine rings is 1. The van der Waals surface area contributed by atoms with Gasteiger partial charge in [-0.25, -0.2) is 4.98 Å². The number of unbranched alkanes of at least 4 members (excludes halogenated alkanes) is 1. The van der Waals surface area contributed by atoms with Crippen molar-refractivity contribution in [3.63, 3.8) is 0 Å². The minimum absolute atomic E-state index is 0.0965. The molecule has 0 radical (unpaired) electrons. The summed E-state index contributed by atoms with van der Waals surface area (Å²) >= 11 is 0. The van der Waals surface area contributed by atoms with Gasteiger partial charge in [0.05, 0.1) is 18.2 Å². The second-order valence-electron chi connectivity index (χ2n) is 5.61. The number of hydrogen-bond acceptors (Lipinski definition) is 6. The molecule has 2 rings (SSSR count). The molecule has 0 saturated carbocycles. The molecular weight excluding hydrogens is 292 g/mol. The molecule has 6 heteroatoms. The van der Waals surface area contributed by atoms with Crippen LogP contribution in [0, 0.1) is 11.3 Å². The zero-order valence-electron chi connectivity index (χ0n) is 13.7. The van der Waals surface area contributed by atoms with E-state index in [2.05, 4.69) is 20.9 Å². The SMILES string of the molecule is CCOC(=O)CCCCN1CCN(c2cc(C#N)ccn2)CC1. The van der Waals surface area contributed by atoms with E-state index < -0.39 is 0 Å². The molecule has 2 heterocycles. The molecule has 0 atom stereocenters. The summed E-state index contributed by atoms with van der Waals surface area (Å²) in [7, 11) is 0. The van der Waals surface area contributed by atoms with Crippen molar-refractivity contribution < 1.29 is 9.53 Å². The maximum absolute atomic E-state index is 11.3. The van der Waals surface area contributed by atoms with Crippen LogP contribution in [0.3, 0.4) is 0 Å². The van der Waals surface area contributed by atoms with Crippen LogP contribution in [-0.4, -0.2) is 55.2 Å². The molecule has 0 aliphatic carbocycles. The van der Waals surface area contributed by atoms with Crippen LogP contribution >= 0.6 is 0 Å². The summed E-state index contributed by atoms with van der Waals surface area (Å²) in [6.45, 7) is 7.11. The van der Waals surface area contributed by atoms with E-state index in [1.165, 1.54) is 0 Å². The summed E-state index contributed by atoms with van der Waals surface area (Å²) in [5.74, 6) is 0.784. The van der Waals surface area contributed by atoms with Crippen molar-refractivity contribution in [2.24, 2.45) is 0 Å². The van der Waals surface area contributed by atoms with Gasteiger partial charge in [0.15, 0.2) is 0 Å². The maximum atomic E-state index is 11.3. The molecule has 6 nitrogen and oxygen atoms in total. The highest BCUT2D eigenvalue weighted by atomic mass is 16.5. The fourth-order valence-electron chi connectivity index (χ4n) is 2.70. The summed E-state index contributed by atoms with van der Waals surface area (Å²) in [6.07, 6.45) is 4.10. The Balaban J connectivity index is 1.68. The second-order valence-corrected chi connectivity index (χ2v) is 5.61. The quantitative estimate of drug-likeness (QED) is 0.564. The normalized spacial score (nSPS) is 15.2. The standard InChI is InChI=1S/C17H24N4O2/c1-2-23-17(22)5-3-4-8-20-9-11-21(12-10-20)16-13-15(14-18)6-7-19-16/h6-7,13H,2-5,8-12H2,1H3. The number of anilines is 1. The van der Waals surface area contributed by atoms with Crippen LogP contribution in [0.25, 0.3) is 0 Å². The minimum Gasteiger partial charge on any atom is -0.466 e. The largest absolute Gasteiger partial charge is 0.466 e. The first kappa shape index (κ1) is 17.2. The molecule has 0 amide bonds. The number of rotatable bonds is 7. The Morgan fingerprint density at radius 1 is 1.35 bits per heavy atom. The van der Waals surface area contributed by atoms with Crippen molar-refractivity contribution in [3.8, 4) is 6.07 Å². The summed E-state index contributed by atoms with van der Waals surface area (Å²) in [6, 6.07) is 5.72. The van der Waals surface area contributed by atoms with Crippen LogP contribution in [0.1, 0.15) is 31.7 Å². The number of esters is 1. The average molecular weight is 316 g/mol. The van der Waals surface area contributed by atoms with E-state index in [9.17, 15) is 4.79 Å². The first-order chi connectivity index (χ1) is 11.2. The van der Waals surface area contributed by atoms with E-state index >= 15 is 0 Å². The highest BCUT2D eigenvalue weighted by molar-refractivity contribution is 5.69. The molecule has 0 aromatic carbocycles. The Bertz CT molecular complexity index is 548. The van der Waals surface area contributed by atoms with Gasteiger partial charge in [0, 0.05) is 38.8 Å². The van der Waals surface area contributed by atoms with Gasteiger partial charge in [-0.1, -0.05) is 0 Å². The number of aromatic nitrogens is 1. The van der Waals surface area contributed by atoms with E-state index in [0.29, 0.717) is 18.6 Å². The van der Waals surface area contributed by atoms with Gasteiger partial charge in [0.2, 0.25) is 0 Å². The predicted molar refractivity (Wildman–Crippen MR) is 88.1 cm³/mol. The van der Waals surface area contributed by atoms with Gasteiger partial charge in [0.25, 0.3) is 0 Å². The van der Waals surface area contributed by atoms with E-state index in [-0.39, 0.29) is 5.97 Å². The molecule has 1 aliphatic heterocycles. The third kappa shape index (κ3) is 5.53. The monoisotopic (exact) mass is 316 g/mol. The maximum Gasteiger partial charge on any atom is 0.305 e. The summed E-state index contributed by atoms with van der Waals surface area (Å²) in [5.41, 5.74) is 0.649. The molecule has 0 N–H and O–H groups in total. The Kier molecular flexibility index (Phi) is 6.82. The van der Waals surface area contributed by atoms with Crippen LogP contribution in [0.4, 0.5) is 5.82 Å². The lowest BCUT2D eigenvalue weighted by molar-refractivity contribution is -0.143. The first-order valence-corrected chi connectivity index (χ1v) is 8.22. The summed E-state index contributed by atoms with van der Waals surface area (Å²) in [5, 5.41) is 8.96. The number of hydrogen-bond donors (Lipinski definition) is 0. The molecule has 0 bridgehead atoms. The van der Waals surface area contributed by atoms with Gasteiger partial charge >= 0.3 is 5.97 Å². The fraction of sp³-hybridized carbons (Fsp3) is 0.588. The number of carbonyl (C=O) groups is 1. The lowest BCUT2D eigenvalue weighted by atomic mass is 10.2. The molecule has 0 spiro atoms. The highest BCUT2D eigenvalue weighted by Crippen LogP contribution is 2.15. The van der Waals surface area contributed by atoms with E-state index in [0.717, 1.165) is 51.4 Å². The average Bonchev–Trinajstić information content (AvgIpc) is 2.59. The molecule has 1 aromatic rings. The van der Waals surface area contributed by atoms with Crippen molar-refractivity contribution in [1.82, 2.24) is 9.88 Å². The van der Waals surface area contributed by atoms with Gasteiger partial charge in [-0.05, 0) is 38.4 Å². The van der Waals surface area contributed by atoms with Crippen LogP contribution in [0.2, 0.25) is 0 Å². The molecule has 1 fully saturated rings. The third-order valence-corrected chi connectivity index (χ3v) is 3.98. The smallest absolute Gasteiger partial charge is 0.305 e. The Morgan fingerprint density at radius 2 is 2.13 bits per heavy atom. The summed E-state index contributed by atoms with van der Waals surface area (Å²) in [4.78, 5) is 20.3. The van der Waals surface area contributed by atoms with Crippen molar-refractivity contribution >= 4 is 11.8 Å². The fourth-order valence-corrected chi connectivity index (χ4v) is 2.70. The van der Waals surface area contributed by atoms with Crippen molar-refractivity contribution in [2.75, 3.05) is 44.2 Å². The Morgan fingerprint density at radius 3 is 2.83 bits per heavy atom. The van der Waals surface area contributed by atoms with E-state index in [1.54, 1.807) is 12.3 Å². The predicted octanol–water partition coefficient (Wildman–Crippen LogP) is 1.81. The van der Waals surface area contributed by atoms with Gasteiger partial charge in [-0.2, -0.15) is 5.26 Å². The molecule has 124 valence electrons. The van der Waals surface area contributed by atoms with Crippen LogP contribution in [0.15, 0.2) is 18.3 Å². The van der Waals surface area contributed by atoms with Crippen LogP contribution < -0.4 is 4.90 Å². The topological polar surface area (TPSA) is 69.5 Å². The zero-order valence-corrected chi connectivity index (χ0v) is 13.7. The van der Waals surface area contributed by atoms with Gasteiger partial charge < -0.3 is 9.64 Å². The third-order valence-electron chi connectivity index (χ3n) is 3.98. The Hall–Kier alpha value is -2.13. The zero-order chi connectivity index (χ0) is 16.5. The molecule has 23 heavy (non-hydrogen) atoms. The van der Waals surface area contributed by atoms with Gasteiger partial charge in [0.1, 0.15) is 5.82 Å². The Labute approximate surface area is 137 Å². The molecule has 0 unspecified atom stereocenters. The van der Waals surface area contributed by atoms with Crippen molar-refractivity contribution in [3.05, 3.63) is 23.9 Å². The van der Waals surface area contributed by atoms with E-state index in [1.807, 2.05) is 13.0 Å². The van der Waals surface area contributed by atoms with Gasteiger partial charge in [-0.3, -0.25) is 9.69 Å². The molecule has 1 aromatic heterocycles. The highest BCUT2D eigenvalue weighted by Gasteiger charge is 2.17. The first-order valence-electron chi connectivity index (χ1n) is 8.22. The molecular formula is C17H24N4O2. The van der Waals surface area contributed by atoms with Crippen molar-refractivity contribution in [1.29, 1.82) is 5.26 Å². The van der Waals surface area contributed by atoms with Crippen molar-refractivity contribution in [2.45, 2.75) is 26.2 Å². The lowest BCUT2D eigenvalue weighted by Crippen LogP contribution is -2.46. The second kappa shape index (κ2) is 9.11. The number of carbonyl (C=O) groups excluding carboxylic acids is 1. The van der Waals surface area contributed by atoms with Crippen LogP contribution in [-0.2, 0) is 9.53 Å². The minimum atomic E-state index is -0.0965. The molecule has 1 aliphatic rings. The number of piperazine rings is 1. The van der Waals surface area contributed by atoms with Crippen LogP contribution in [0.5, 0.6) is 0 Å². The number of nitriles is 1. The lowest BCUT2D eigenvalue weighted by Gasteiger charge is -2.35. The van der Waals surface area contributed by atoms with E-state index in [4.69, 9.17) is 10.00 Å². The molecule has 1 saturated heterocycles.